The van der Waals surface area contributed by atoms with Crippen LogP contribution >= 0.6 is 15.9 Å². The van der Waals surface area contributed by atoms with Crippen molar-refractivity contribution in [2.45, 2.75) is 19.3 Å². The van der Waals surface area contributed by atoms with Crippen LogP contribution in [0, 0.1) is 0 Å². The highest BCUT2D eigenvalue weighted by Gasteiger charge is 2.32. The minimum atomic E-state index is -4.74. The normalized spacial score (nSPS) is 12.8. The van der Waals surface area contributed by atoms with Crippen molar-refractivity contribution >= 4 is 21.6 Å². The van der Waals surface area contributed by atoms with Crippen LogP contribution < -0.4 is 10.1 Å². The summed E-state index contributed by atoms with van der Waals surface area (Å²) in [5.74, 6) is -0.292. The topological polar surface area (TPSA) is 34.1 Å². The van der Waals surface area contributed by atoms with Crippen molar-refractivity contribution in [2.24, 2.45) is 0 Å². The fourth-order valence-electron chi connectivity index (χ4n) is 1.76. The Kier molecular flexibility index (Phi) is 4.72. The predicted molar refractivity (Wildman–Crippen MR) is 77.1 cm³/mol. The van der Waals surface area contributed by atoms with E-state index in [1.807, 2.05) is 13.0 Å². The second kappa shape index (κ2) is 6.34. The summed E-state index contributed by atoms with van der Waals surface area (Å²) < 4.78 is 41.8. The first-order chi connectivity index (χ1) is 9.85. The molecule has 0 aliphatic carbocycles. The van der Waals surface area contributed by atoms with E-state index in [4.69, 9.17) is 0 Å². The second-order valence-corrected chi connectivity index (χ2v) is 5.22. The quantitative estimate of drug-likeness (QED) is 0.840. The average molecular weight is 361 g/mol. The molecule has 0 amide bonds. The molecule has 0 saturated heterocycles. The highest BCUT2D eigenvalue weighted by Crippen LogP contribution is 2.34. The van der Waals surface area contributed by atoms with E-state index in [-0.39, 0.29) is 17.5 Å². The molecule has 1 aromatic carbocycles. The van der Waals surface area contributed by atoms with Crippen LogP contribution in [0.3, 0.4) is 0 Å². The van der Waals surface area contributed by atoms with Gasteiger partial charge in [-0.1, -0.05) is 22.0 Å². The maximum Gasteiger partial charge on any atom is 0.573 e. The number of benzene rings is 1. The SMILES string of the molecule is CC(Nc1ccc(Br)cc1OC(F)(F)F)c1ccccn1. The van der Waals surface area contributed by atoms with E-state index in [0.717, 1.165) is 5.69 Å². The lowest BCUT2D eigenvalue weighted by Gasteiger charge is -2.19. The largest absolute Gasteiger partial charge is 0.573 e. The molecule has 2 rings (SSSR count). The molecule has 0 spiro atoms. The van der Waals surface area contributed by atoms with Gasteiger partial charge in [0.15, 0.2) is 5.75 Å². The van der Waals surface area contributed by atoms with Gasteiger partial charge in [-0.15, -0.1) is 13.2 Å². The minimum Gasteiger partial charge on any atom is -0.404 e. The molecule has 1 unspecified atom stereocenters. The Morgan fingerprint density at radius 3 is 2.62 bits per heavy atom. The fraction of sp³-hybridized carbons (Fsp3) is 0.214. The Bertz CT molecular complexity index is 605. The Labute approximate surface area is 128 Å². The molecule has 0 aliphatic rings. The number of rotatable bonds is 4. The monoisotopic (exact) mass is 360 g/mol. The van der Waals surface area contributed by atoms with Gasteiger partial charge in [-0.05, 0) is 37.3 Å². The zero-order valence-corrected chi connectivity index (χ0v) is 12.6. The van der Waals surface area contributed by atoms with Crippen molar-refractivity contribution in [3.05, 3.63) is 52.8 Å². The molecule has 3 nitrogen and oxygen atoms in total. The number of pyridine rings is 1. The van der Waals surface area contributed by atoms with Gasteiger partial charge in [-0.25, -0.2) is 0 Å². The summed E-state index contributed by atoms with van der Waals surface area (Å²) in [6, 6.07) is 9.54. The third-order valence-electron chi connectivity index (χ3n) is 2.67. The Balaban J connectivity index is 2.23. The van der Waals surface area contributed by atoms with E-state index in [2.05, 4.69) is 31.0 Å². The molecule has 1 atom stereocenters. The van der Waals surface area contributed by atoms with Crippen LogP contribution in [-0.2, 0) is 0 Å². The molecule has 0 bridgehead atoms. The summed E-state index contributed by atoms with van der Waals surface area (Å²) >= 11 is 3.13. The standard InChI is InChI=1S/C14H12BrF3N2O/c1-9(11-4-2-3-7-19-11)20-12-6-5-10(15)8-13(12)21-14(16,17)18/h2-9,20H,1H3. The highest BCUT2D eigenvalue weighted by atomic mass is 79.9. The number of halogens is 4. The van der Waals surface area contributed by atoms with Gasteiger partial charge in [0.2, 0.25) is 0 Å². The lowest BCUT2D eigenvalue weighted by molar-refractivity contribution is -0.274. The molecular formula is C14H12BrF3N2O. The van der Waals surface area contributed by atoms with Crippen molar-refractivity contribution in [2.75, 3.05) is 5.32 Å². The van der Waals surface area contributed by atoms with Crippen LogP contribution in [0.15, 0.2) is 47.1 Å². The van der Waals surface area contributed by atoms with Gasteiger partial charge >= 0.3 is 6.36 Å². The second-order valence-electron chi connectivity index (χ2n) is 4.31. The molecule has 0 radical (unpaired) electrons. The number of anilines is 1. The number of hydrogen-bond donors (Lipinski definition) is 1. The summed E-state index contributed by atoms with van der Waals surface area (Å²) in [4.78, 5) is 4.16. The van der Waals surface area contributed by atoms with E-state index in [1.165, 1.54) is 12.1 Å². The van der Waals surface area contributed by atoms with E-state index in [9.17, 15) is 13.2 Å². The van der Waals surface area contributed by atoms with Crippen LogP contribution in [0.2, 0.25) is 0 Å². The first-order valence-corrected chi connectivity index (χ1v) is 6.87. The van der Waals surface area contributed by atoms with Crippen molar-refractivity contribution in [3.8, 4) is 5.75 Å². The number of nitrogens with one attached hydrogen (secondary N) is 1. The van der Waals surface area contributed by atoms with Crippen molar-refractivity contribution in [1.29, 1.82) is 0 Å². The van der Waals surface area contributed by atoms with Crippen LogP contribution in [-0.4, -0.2) is 11.3 Å². The van der Waals surface area contributed by atoms with Gasteiger partial charge in [-0.3, -0.25) is 4.98 Å². The maximum atomic E-state index is 12.4. The zero-order chi connectivity index (χ0) is 15.5. The Morgan fingerprint density at radius 1 is 1.24 bits per heavy atom. The molecule has 1 heterocycles. The summed E-state index contributed by atoms with van der Waals surface area (Å²) in [6.45, 7) is 1.81. The van der Waals surface area contributed by atoms with Gasteiger partial charge in [-0.2, -0.15) is 0 Å². The summed E-state index contributed by atoms with van der Waals surface area (Å²) in [6.07, 6.45) is -3.12. The first kappa shape index (κ1) is 15.6. The van der Waals surface area contributed by atoms with Crippen molar-refractivity contribution in [1.82, 2.24) is 4.98 Å². The smallest absolute Gasteiger partial charge is 0.404 e. The van der Waals surface area contributed by atoms with Crippen molar-refractivity contribution < 1.29 is 17.9 Å². The number of ether oxygens (including phenoxy) is 1. The minimum absolute atomic E-state index is 0.244. The van der Waals surface area contributed by atoms with E-state index in [1.54, 1.807) is 24.4 Å². The molecule has 21 heavy (non-hydrogen) atoms. The number of hydrogen-bond acceptors (Lipinski definition) is 3. The first-order valence-electron chi connectivity index (χ1n) is 6.08. The third-order valence-corrected chi connectivity index (χ3v) is 3.17. The number of aromatic nitrogens is 1. The van der Waals surface area contributed by atoms with Crippen LogP contribution in [0.4, 0.5) is 18.9 Å². The fourth-order valence-corrected chi connectivity index (χ4v) is 2.10. The van der Waals surface area contributed by atoms with Crippen LogP contribution in [0.25, 0.3) is 0 Å². The molecule has 0 saturated carbocycles. The number of nitrogens with zero attached hydrogens (tertiary/aromatic N) is 1. The molecule has 112 valence electrons. The predicted octanol–water partition coefficient (Wildman–Crippen LogP) is 4.92. The third kappa shape index (κ3) is 4.63. The molecule has 1 aromatic heterocycles. The summed E-state index contributed by atoms with van der Waals surface area (Å²) in [5.41, 5.74) is 0.965. The molecule has 0 aliphatic heterocycles. The van der Waals surface area contributed by atoms with Crippen molar-refractivity contribution in [3.63, 3.8) is 0 Å². The molecule has 1 N–H and O–H groups in total. The van der Waals surface area contributed by atoms with Crippen LogP contribution in [0.5, 0.6) is 5.75 Å². The van der Waals surface area contributed by atoms with Gasteiger partial charge in [0.25, 0.3) is 0 Å². The van der Waals surface area contributed by atoms with Crippen LogP contribution in [0.1, 0.15) is 18.7 Å². The highest BCUT2D eigenvalue weighted by molar-refractivity contribution is 9.10. The Hall–Kier alpha value is -1.76. The molecule has 2 aromatic rings. The lowest BCUT2D eigenvalue weighted by atomic mass is 10.2. The Morgan fingerprint density at radius 2 is 2.00 bits per heavy atom. The van der Waals surface area contributed by atoms with E-state index in [0.29, 0.717) is 4.47 Å². The number of alkyl halides is 3. The summed E-state index contributed by atoms with van der Waals surface area (Å²) in [5, 5.41) is 2.97. The molecular weight excluding hydrogens is 349 g/mol. The molecule has 7 heteroatoms. The zero-order valence-electron chi connectivity index (χ0n) is 11.0. The van der Waals surface area contributed by atoms with Gasteiger partial charge in [0.05, 0.1) is 17.4 Å². The lowest BCUT2D eigenvalue weighted by Crippen LogP contribution is -2.19. The summed E-state index contributed by atoms with van der Waals surface area (Å²) in [7, 11) is 0. The van der Waals surface area contributed by atoms with E-state index < -0.39 is 6.36 Å². The average Bonchev–Trinajstić information content (AvgIpc) is 2.41. The molecule has 0 fully saturated rings. The van der Waals surface area contributed by atoms with Gasteiger partial charge in [0, 0.05) is 10.7 Å². The van der Waals surface area contributed by atoms with Gasteiger partial charge < -0.3 is 10.1 Å². The van der Waals surface area contributed by atoms with Gasteiger partial charge in [0.1, 0.15) is 0 Å². The maximum absolute atomic E-state index is 12.4. The van der Waals surface area contributed by atoms with E-state index >= 15 is 0 Å².